The van der Waals surface area contributed by atoms with Gasteiger partial charge in [0.05, 0.1) is 5.69 Å². The van der Waals surface area contributed by atoms with E-state index in [1.165, 1.54) is 0 Å². The number of aromatic nitrogens is 4. The van der Waals surface area contributed by atoms with Crippen LogP contribution in [0, 0.1) is 12.8 Å². The summed E-state index contributed by atoms with van der Waals surface area (Å²) in [7, 11) is 1.79. The maximum absolute atomic E-state index is 13.1. The Bertz CT molecular complexity index is 992. The molecule has 0 radical (unpaired) electrons. The number of hydrogen-bond acceptors (Lipinski definition) is 5. The summed E-state index contributed by atoms with van der Waals surface area (Å²) >= 11 is 0. The van der Waals surface area contributed by atoms with Gasteiger partial charge in [-0.25, -0.2) is 4.79 Å². The Labute approximate surface area is 176 Å². The minimum atomic E-state index is -0.632. The van der Waals surface area contributed by atoms with E-state index in [0.717, 1.165) is 36.9 Å². The minimum Gasteiger partial charge on any atom is -0.410 e. The molecule has 0 bridgehead atoms. The molecule has 0 spiro atoms. The maximum atomic E-state index is 13.1. The van der Waals surface area contributed by atoms with Crippen molar-refractivity contribution in [1.82, 2.24) is 25.1 Å². The fourth-order valence-electron chi connectivity index (χ4n) is 4.12. The van der Waals surface area contributed by atoms with E-state index in [-0.39, 0.29) is 0 Å². The molecule has 1 saturated carbocycles. The van der Waals surface area contributed by atoms with Crippen LogP contribution in [0.3, 0.4) is 0 Å². The van der Waals surface area contributed by atoms with Gasteiger partial charge in [0.2, 0.25) is 0 Å². The first kappa shape index (κ1) is 20.1. The number of tetrazole rings is 1. The van der Waals surface area contributed by atoms with Gasteiger partial charge in [-0.1, -0.05) is 42.8 Å². The summed E-state index contributed by atoms with van der Waals surface area (Å²) in [4.78, 5) is 14.8. The number of rotatable bonds is 4. The van der Waals surface area contributed by atoms with E-state index in [1.807, 2.05) is 49.4 Å². The van der Waals surface area contributed by atoms with Crippen LogP contribution in [0.2, 0.25) is 0 Å². The normalized spacial score (nSPS) is 21.2. The van der Waals surface area contributed by atoms with Crippen LogP contribution in [-0.4, -0.2) is 38.2 Å². The average Bonchev–Trinajstić information content (AvgIpc) is 3.26. The average molecular weight is 406 g/mol. The highest BCUT2D eigenvalue weighted by Crippen LogP contribution is 2.43. The van der Waals surface area contributed by atoms with Crippen molar-refractivity contribution in [2.75, 3.05) is 7.05 Å². The molecule has 156 valence electrons. The van der Waals surface area contributed by atoms with Crippen LogP contribution < -0.4 is 4.74 Å². The summed E-state index contributed by atoms with van der Waals surface area (Å²) in [5.74, 6) is 1.79. The molecule has 0 atom stereocenters. The molecule has 1 amide bonds. The summed E-state index contributed by atoms with van der Waals surface area (Å²) in [6.45, 7) is 4.29. The largest absolute Gasteiger partial charge is 0.415 e. The van der Waals surface area contributed by atoms with Gasteiger partial charge in [-0.15, -0.1) is 5.10 Å². The third kappa shape index (κ3) is 3.79. The molecule has 30 heavy (non-hydrogen) atoms. The van der Waals surface area contributed by atoms with Crippen LogP contribution in [0.4, 0.5) is 4.79 Å². The molecule has 0 saturated heterocycles. The summed E-state index contributed by atoms with van der Waals surface area (Å²) in [6, 6.07) is 17.2. The maximum Gasteiger partial charge on any atom is 0.415 e. The second kappa shape index (κ2) is 8.26. The van der Waals surface area contributed by atoms with Gasteiger partial charge in [0.1, 0.15) is 11.3 Å². The smallest absolute Gasteiger partial charge is 0.410 e. The second-order valence-electron chi connectivity index (χ2n) is 8.20. The zero-order chi connectivity index (χ0) is 21.1. The topological polar surface area (TPSA) is 73.1 Å². The number of ether oxygens (including phenoxy) is 1. The van der Waals surface area contributed by atoms with E-state index >= 15 is 0 Å². The summed E-state index contributed by atoms with van der Waals surface area (Å²) < 4.78 is 7.40. The van der Waals surface area contributed by atoms with Crippen molar-refractivity contribution >= 4 is 6.09 Å². The van der Waals surface area contributed by atoms with Crippen LogP contribution in [0.25, 0.3) is 5.69 Å². The number of carbonyl (C=O) groups is 1. The van der Waals surface area contributed by atoms with E-state index < -0.39 is 11.6 Å². The Balaban J connectivity index is 1.71. The number of hydrogen-bond donors (Lipinski definition) is 0. The minimum absolute atomic E-state index is 0.408. The molecule has 7 nitrogen and oxygen atoms in total. The molecule has 1 aliphatic rings. The van der Waals surface area contributed by atoms with Crippen molar-refractivity contribution < 1.29 is 9.53 Å². The lowest BCUT2D eigenvalue weighted by Gasteiger charge is -2.44. The van der Waals surface area contributed by atoms with Gasteiger partial charge in [0.25, 0.3) is 0 Å². The van der Waals surface area contributed by atoms with Gasteiger partial charge in [0.15, 0.2) is 5.82 Å². The number of benzene rings is 2. The zero-order valence-corrected chi connectivity index (χ0v) is 17.7. The molecule has 2 aromatic carbocycles. The molecule has 0 N–H and O–H groups in total. The third-order valence-electron chi connectivity index (χ3n) is 6.13. The number of carbonyl (C=O) groups excluding carboxylic acids is 1. The number of amides is 1. The van der Waals surface area contributed by atoms with Gasteiger partial charge >= 0.3 is 6.09 Å². The zero-order valence-electron chi connectivity index (χ0n) is 17.7. The molecule has 3 aromatic rings. The summed E-state index contributed by atoms with van der Waals surface area (Å²) in [5.41, 5.74) is 1.41. The SMILES string of the molecule is Cc1ccc(-n2nnnc2C2(N(C)C(=O)Oc3ccccc3)CCC(C)CC2)cc1. The van der Waals surface area contributed by atoms with Crippen molar-refractivity contribution in [3.05, 3.63) is 66.0 Å². The Hall–Kier alpha value is -3.22. The molecule has 0 aliphatic heterocycles. The monoisotopic (exact) mass is 405 g/mol. The van der Waals surface area contributed by atoms with Gasteiger partial charge < -0.3 is 4.74 Å². The van der Waals surface area contributed by atoms with Gasteiger partial charge in [-0.05, 0) is 73.2 Å². The molecule has 1 aromatic heterocycles. The van der Waals surface area contributed by atoms with Gasteiger partial charge in [-0.2, -0.15) is 4.68 Å². The summed E-state index contributed by atoms with van der Waals surface area (Å²) in [5, 5.41) is 12.6. The van der Waals surface area contributed by atoms with Crippen molar-refractivity contribution in [1.29, 1.82) is 0 Å². The highest BCUT2D eigenvalue weighted by atomic mass is 16.6. The van der Waals surface area contributed by atoms with Crippen LogP contribution in [-0.2, 0) is 5.54 Å². The van der Waals surface area contributed by atoms with E-state index in [2.05, 4.69) is 22.4 Å². The quantitative estimate of drug-likeness (QED) is 0.639. The Kier molecular flexibility index (Phi) is 5.53. The molecule has 1 aliphatic carbocycles. The lowest BCUT2D eigenvalue weighted by molar-refractivity contribution is 0.0514. The first-order valence-corrected chi connectivity index (χ1v) is 10.4. The molecular formula is C23H27N5O2. The first-order chi connectivity index (χ1) is 14.5. The Morgan fingerprint density at radius 3 is 2.43 bits per heavy atom. The number of para-hydroxylation sites is 1. The van der Waals surface area contributed by atoms with Gasteiger partial charge in [0, 0.05) is 7.05 Å². The molecule has 1 heterocycles. The first-order valence-electron chi connectivity index (χ1n) is 10.4. The van der Waals surface area contributed by atoms with Crippen LogP contribution in [0.15, 0.2) is 54.6 Å². The lowest BCUT2D eigenvalue weighted by Crippen LogP contribution is -2.51. The third-order valence-corrected chi connectivity index (χ3v) is 6.13. The van der Waals surface area contributed by atoms with E-state index in [1.54, 1.807) is 28.8 Å². The second-order valence-corrected chi connectivity index (χ2v) is 8.20. The Morgan fingerprint density at radius 1 is 1.10 bits per heavy atom. The molecule has 0 unspecified atom stereocenters. The van der Waals surface area contributed by atoms with Crippen LogP contribution >= 0.6 is 0 Å². The van der Waals surface area contributed by atoms with Crippen molar-refractivity contribution in [2.24, 2.45) is 5.92 Å². The fourth-order valence-corrected chi connectivity index (χ4v) is 4.12. The van der Waals surface area contributed by atoms with Crippen molar-refractivity contribution in [2.45, 2.75) is 45.1 Å². The standard InChI is InChI=1S/C23H27N5O2/c1-17-9-11-19(12-10-17)28-21(24-25-26-28)23(15-13-18(2)14-16-23)27(3)22(29)30-20-7-5-4-6-8-20/h4-12,18H,13-16H2,1-3H3. The fraction of sp³-hybridized carbons (Fsp3) is 0.391. The highest BCUT2D eigenvalue weighted by molar-refractivity contribution is 5.71. The van der Waals surface area contributed by atoms with Gasteiger partial charge in [-0.3, -0.25) is 4.90 Å². The van der Waals surface area contributed by atoms with E-state index in [9.17, 15) is 4.79 Å². The number of nitrogens with zero attached hydrogens (tertiary/aromatic N) is 5. The van der Waals surface area contributed by atoms with E-state index in [4.69, 9.17) is 4.74 Å². The molecule has 1 fully saturated rings. The molecular weight excluding hydrogens is 378 g/mol. The summed E-state index contributed by atoms with van der Waals surface area (Å²) in [6.07, 6.45) is 3.13. The molecule has 4 rings (SSSR count). The lowest BCUT2D eigenvalue weighted by atomic mass is 9.75. The predicted octanol–water partition coefficient (Wildman–Crippen LogP) is 4.51. The van der Waals surface area contributed by atoms with Crippen LogP contribution in [0.1, 0.15) is 44.0 Å². The Morgan fingerprint density at radius 2 is 1.77 bits per heavy atom. The highest BCUT2D eigenvalue weighted by Gasteiger charge is 2.46. The van der Waals surface area contributed by atoms with Crippen molar-refractivity contribution in [3.63, 3.8) is 0 Å². The molecule has 7 heteroatoms. The predicted molar refractivity (Wildman–Crippen MR) is 113 cm³/mol. The van der Waals surface area contributed by atoms with Crippen molar-refractivity contribution in [3.8, 4) is 11.4 Å². The number of aryl methyl sites for hydroxylation is 1. The van der Waals surface area contributed by atoms with Crippen LogP contribution in [0.5, 0.6) is 5.75 Å². The van der Waals surface area contributed by atoms with E-state index in [0.29, 0.717) is 17.5 Å².